The monoisotopic (exact) mass is 355 g/mol. The SMILES string of the molecule is CCCC(=NOC(C)=O)C(=O)c1ccc(Sc2ccc(C)cc2)cc1. The molecule has 4 nitrogen and oxygen atoms in total. The Morgan fingerprint density at radius 3 is 2.08 bits per heavy atom. The Morgan fingerprint density at radius 2 is 1.56 bits per heavy atom. The summed E-state index contributed by atoms with van der Waals surface area (Å²) < 4.78 is 0. The van der Waals surface area contributed by atoms with E-state index in [4.69, 9.17) is 0 Å². The van der Waals surface area contributed by atoms with Gasteiger partial charge in [0.1, 0.15) is 5.71 Å². The summed E-state index contributed by atoms with van der Waals surface area (Å²) in [5, 5.41) is 3.70. The predicted octanol–water partition coefficient (Wildman–Crippen LogP) is 5.05. The molecule has 0 saturated carbocycles. The van der Waals surface area contributed by atoms with Gasteiger partial charge < -0.3 is 4.84 Å². The zero-order valence-electron chi connectivity index (χ0n) is 14.6. The quantitative estimate of drug-likeness (QED) is 0.302. The number of carbonyl (C=O) groups excluding carboxylic acids is 2. The van der Waals surface area contributed by atoms with Gasteiger partial charge in [0.05, 0.1) is 0 Å². The fourth-order valence-electron chi connectivity index (χ4n) is 2.14. The highest BCUT2D eigenvalue weighted by Crippen LogP contribution is 2.28. The van der Waals surface area contributed by atoms with Crippen molar-refractivity contribution < 1.29 is 14.4 Å². The van der Waals surface area contributed by atoms with Crippen molar-refractivity contribution in [3.63, 3.8) is 0 Å². The molecule has 2 aromatic carbocycles. The van der Waals surface area contributed by atoms with Gasteiger partial charge in [-0.15, -0.1) is 0 Å². The summed E-state index contributed by atoms with van der Waals surface area (Å²) in [4.78, 5) is 30.3. The van der Waals surface area contributed by atoms with E-state index in [9.17, 15) is 9.59 Å². The summed E-state index contributed by atoms with van der Waals surface area (Å²) in [5.41, 5.74) is 2.02. The lowest BCUT2D eigenvalue weighted by Crippen LogP contribution is -2.15. The third-order valence-electron chi connectivity index (χ3n) is 3.41. The van der Waals surface area contributed by atoms with Gasteiger partial charge in [0.15, 0.2) is 0 Å². The molecule has 0 radical (unpaired) electrons. The predicted molar refractivity (Wildman–Crippen MR) is 100 cm³/mol. The topological polar surface area (TPSA) is 55.7 Å². The molecule has 0 spiro atoms. The molecule has 0 aromatic heterocycles. The van der Waals surface area contributed by atoms with E-state index in [0.29, 0.717) is 12.0 Å². The first-order valence-corrected chi connectivity index (χ1v) is 8.95. The van der Waals surface area contributed by atoms with Gasteiger partial charge in [-0.05, 0) is 49.7 Å². The van der Waals surface area contributed by atoms with Gasteiger partial charge in [-0.25, -0.2) is 4.79 Å². The zero-order chi connectivity index (χ0) is 18.2. The van der Waals surface area contributed by atoms with Crippen molar-refractivity contribution in [2.24, 2.45) is 5.16 Å². The lowest BCUT2D eigenvalue weighted by Gasteiger charge is -2.06. The summed E-state index contributed by atoms with van der Waals surface area (Å²) in [6.07, 6.45) is 1.21. The molecule has 0 bridgehead atoms. The summed E-state index contributed by atoms with van der Waals surface area (Å²) in [6, 6.07) is 15.7. The standard InChI is InChI=1S/C20H21NO3S/c1-4-5-19(21-24-15(3)22)20(23)16-8-12-18(13-9-16)25-17-10-6-14(2)7-11-17/h6-13H,4-5H2,1-3H3. The van der Waals surface area contributed by atoms with Crippen molar-refractivity contribution in [2.75, 3.05) is 0 Å². The van der Waals surface area contributed by atoms with E-state index in [-0.39, 0.29) is 11.5 Å². The maximum absolute atomic E-state index is 12.5. The molecule has 0 aliphatic rings. The van der Waals surface area contributed by atoms with Crippen molar-refractivity contribution in [1.29, 1.82) is 0 Å². The maximum Gasteiger partial charge on any atom is 0.331 e. The largest absolute Gasteiger partial charge is 0.331 e. The number of rotatable bonds is 7. The lowest BCUT2D eigenvalue weighted by molar-refractivity contribution is -0.140. The molecule has 0 heterocycles. The highest BCUT2D eigenvalue weighted by molar-refractivity contribution is 7.99. The maximum atomic E-state index is 12.5. The minimum atomic E-state index is -0.536. The molecule has 5 heteroatoms. The average Bonchev–Trinajstić information content (AvgIpc) is 2.60. The van der Waals surface area contributed by atoms with Crippen LogP contribution in [0.1, 0.15) is 42.6 Å². The van der Waals surface area contributed by atoms with Crippen LogP contribution in [0.3, 0.4) is 0 Å². The van der Waals surface area contributed by atoms with Crippen LogP contribution in [0.15, 0.2) is 63.5 Å². The highest BCUT2D eigenvalue weighted by Gasteiger charge is 2.15. The molecule has 2 rings (SSSR count). The molecule has 0 aliphatic carbocycles. The van der Waals surface area contributed by atoms with Crippen molar-refractivity contribution in [2.45, 2.75) is 43.4 Å². The number of ketones is 1. The third-order valence-corrected chi connectivity index (χ3v) is 4.42. The number of benzene rings is 2. The van der Waals surface area contributed by atoms with Crippen LogP contribution >= 0.6 is 11.8 Å². The van der Waals surface area contributed by atoms with Crippen LogP contribution in [0.2, 0.25) is 0 Å². The highest BCUT2D eigenvalue weighted by atomic mass is 32.2. The van der Waals surface area contributed by atoms with Gasteiger partial charge in [0.2, 0.25) is 5.78 Å². The van der Waals surface area contributed by atoms with Crippen molar-refractivity contribution in [1.82, 2.24) is 0 Å². The van der Waals surface area contributed by atoms with E-state index >= 15 is 0 Å². The van der Waals surface area contributed by atoms with Gasteiger partial charge >= 0.3 is 5.97 Å². The van der Waals surface area contributed by atoms with Crippen molar-refractivity contribution in [3.8, 4) is 0 Å². The molecule has 0 saturated heterocycles. The van der Waals surface area contributed by atoms with Gasteiger partial charge in [-0.2, -0.15) is 0 Å². The van der Waals surface area contributed by atoms with Gasteiger partial charge in [0, 0.05) is 22.3 Å². The Kier molecular flexibility index (Phi) is 6.95. The molecule has 0 unspecified atom stereocenters. The summed E-state index contributed by atoms with van der Waals surface area (Å²) in [6.45, 7) is 5.26. The summed E-state index contributed by atoms with van der Waals surface area (Å²) in [7, 11) is 0. The number of aryl methyl sites for hydroxylation is 1. The summed E-state index contributed by atoms with van der Waals surface area (Å²) >= 11 is 1.64. The molecule has 0 amide bonds. The Bertz CT molecular complexity index is 765. The van der Waals surface area contributed by atoms with E-state index in [0.717, 1.165) is 16.2 Å². The van der Waals surface area contributed by atoms with Crippen LogP contribution < -0.4 is 0 Å². The number of carbonyl (C=O) groups is 2. The minimum Gasteiger partial charge on any atom is -0.318 e. The molecule has 2 aromatic rings. The molecular formula is C20H21NO3S. The van der Waals surface area contributed by atoms with Gasteiger partial charge in [-0.3, -0.25) is 4.79 Å². The molecule has 130 valence electrons. The second-order valence-corrected chi connectivity index (χ2v) is 6.79. The lowest BCUT2D eigenvalue weighted by atomic mass is 10.0. The molecule has 0 atom stereocenters. The second-order valence-electron chi connectivity index (χ2n) is 5.64. The van der Waals surface area contributed by atoms with Crippen LogP contribution in [0.5, 0.6) is 0 Å². The number of oxime groups is 1. The molecule has 25 heavy (non-hydrogen) atoms. The first kappa shape index (κ1) is 18.9. The van der Waals surface area contributed by atoms with Crippen LogP contribution in [-0.4, -0.2) is 17.5 Å². The van der Waals surface area contributed by atoms with Crippen LogP contribution in [-0.2, 0) is 9.63 Å². The van der Waals surface area contributed by atoms with Crippen molar-refractivity contribution in [3.05, 3.63) is 59.7 Å². The van der Waals surface area contributed by atoms with Crippen LogP contribution in [0.25, 0.3) is 0 Å². The number of Topliss-reactive ketones (excluding diaryl/α,β-unsaturated/α-hetero) is 1. The fraction of sp³-hybridized carbons (Fsp3) is 0.250. The minimum absolute atomic E-state index is 0.213. The smallest absolute Gasteiger partial charge is 0.318 e. The van der Waals surface area contributed by atoms with E-state index < -0.39 is 5.97 Å². The Morgan fingerprint density at radius 1 is 1.00 bits per heavy atom. The van der Waals surface area contributed by atoms with Gasteiger partial charge in [-0.1, -0.05) is 48.0 Å². The number of hydrogen-bond acceptors (Lipinski definition) is 5. The Hall–Kier alpha value is -2.40. The van der Waals surface area contributed by atoms with E-state index in [1.807, 2.05) is 19.1 Å². The first-order valence-electron chi connectivity index (χ1n) is 8.13. The second kappa shape index (κ2) is 9.18. The number of nitrogens with zero attached hydrogens (tertiary/aromatic N) is 1. The third kappa shape index (κ3) is 5.87. The fourth-order valence-corrected chi connectivity index (χ4v) is 2.96. The van der Waals surface area contributed by atoms with Crippen molar-refractivity contribution >= 4 is 29.2 Å². The zero-order valence-corrected chi connectivity index (χ0v) is 15.4. The van der Waals surface area contributed by atoms with Crippen LogP contribution in [0, 0.1) is 6.92 Å². The van der Waals surface area contributed by atoms with Gasteiger partial charge in [0.25, 0.3) is 0 Å². The normalized spacial score (nSPS) is 11.2. The number of hydrogen-bond donors (Lipinski definition) is 0. The summed E-state index contributed by atoms with van der Waals surface area (Å²) in [5.74, 6) is -0.749. The molecular weight excluding hydrogens is 334 g/mol. The van der Waals surface area contributed by atoms with Crippen LogP contribution in [0.4, 0.5) is 0 Å². The van der Waals surface area contributed by atoms with E-state index in [1.54, 1.807) is 23.9 Å². The van der Waals surface area contributed by atoms with E-state index in [2.05, 4.69) is 41.2 Å². The Balaban J connectivity index is 2.11. The first-order chi connectivity index (χ1) is 12.0. The Labute approximate surface area is 152 Å². The molecule has 0 N–H and O–H groups in total. The molecule has 0 fully saturated rings. The average molecular weight is 355 g/mol. The molecule has 0 aliphatic heterocycles. The van der Waals surface area contributed by atoms with E-state index in [1.165, 1.54) is 12.5 Å².